The molecule has 3 aromatic rings. The molecule has 0 unspecified atom stereocenters. The number of fused-ring (bicyclic) bond motifs is 1. The number of hydrogen-bond donors (Lipinski definition) is 0. The minimum atomic E-state index is -0.189. The normalized spacial score (nSPS) is 12.3. The van der Waals surface area contributed by atoms with Gasteiger partial charge in [0.2, 0.25) is 0 Å². The van der Waals surface area contributed by atoms with Crippen LogP contribution in [0.25, 0.3) is 17.8 Å². The third-order valence-electron chi connectivity index (χ3n) is 3.62. The number of pyridine rings is 1. The molecule has 0 fully saturated rings. The monoisotopic (exact) mass is 308 g/mol. The van der Waals surface area contributed by atoms with Crippen LogP contribution >= 0.6 is 0 Å². The van der Waals surface area contributed by atoms with Gasteiger partial charge in [-0.3, -0.25) is 14.5 Å². The molecule has 0 amide bonds. The summed E-state index contributed by atoms with van der Waals surface area (Å²) in [4.78, 5) is 21.2. The molecule has 118 valence electrons. The van der Waals surface area contributed by atoms with E-state index in [1.807, 2.05) is 42.1 Å². The first-order valence-corrected chi connectivity index (χ1v) is 7.57. The third kappa shape index (κ3) is 2.95. The molecule has 0 aliphatic rings. The maximum atomic E-state index is 12.5. The smallest absolute Gasteiger partial charge is 0.273 e. The minimum Gasteiger partial charge on any atom is -0.278 e. The fourth-order valence-electron chi connectivity index (χ4n) is 2.49. The molecule has 5 nitrogen and oxygen atoms in total. The van der Waals surface area contributed by atoms with Crippen LogP contribution in [-0.2, 0) is 5.54 Å². The first-order valence-electron chi connectivity index (χ1n) is 7.57. The van der Waals surface area contributed by atoms with Crippen molar-refractivity contribution in [3.63, 3.8) is 0 Å². The zero-order valence-corrected chi connectivity index (χ0v) is 13.8. The number of hydrogen-bond acceptors (Lipinski definition) is 3. The average molecular weight is 308 g/mol. The van der Waals surface area contributed by atoms with Gasteiger partial charge in [0.1, 0.15) is 0 Å². The van der Waals surface area contributed by atoms with Gasteiger partial charge in [0, 0.05) is 30.2 Å². The Kier molecular flexibility index (Phi) is 3.64. The van der Waals surface area contributed by atoms with E-state index in [1.54, 1.807) is 23.0 Å². The Morgan fingerprint density at radius 1 is 1.22 bits per heavy atom. The van der Waals surface area contributed by atoms with Crippen LogP contribution in [0, 0.1) is 6.92 Å². The lowest BCUT2D eigenvalue weighted by Gasteiger charge is -2.22. The van der Waals surface area contributed by atoms with Gasteiger partial charge in [0.15, 0.2) is 5.65 Å². The second-order valence-corrected chi connectivity index (χ2v) is 6.60. The maximum absolute atomic E-state index is 12.5. The predicted octanol–water partition coefficient (Wildman–Crippen LogP) is 3.12. The summed E-state index contributed by atoms with van der Waals surface area (Å²) in [5.41, 5.74) is 3.02. The Balaban J connectivity index is 2.11. The Labute approximate surface area is 134 Å². The molecule has 0 aromatic carbocycles. The van der Waals surface area contributed by atoms with Crippen LogP contribution < -0.4 is 5.56 Å². The molecular formula is C18H20N4O. The summed E-state index contributed by atoms with van der Waals surface area (Å²) in [6.07, 6.45) is 9.21. The fourth-order valence-corrected chi connectivity index (χ4v) is 2.49. The van der Waals surface area contributed by atoms with Crippen molar-refractivity contribution in [1.82, 2.24) is 19.2 Å². The fraction of sp³-hybridized carbons (Fsp3) is 0.278. The van der Waals surface area contributed by atoms with Crippen molar-refractivity contribution >= 4 is 17.8 Å². The largest absolute Gasteiger partial charge is 0.278 e. The van der Waals surface area contributed by atoms with Crippen LogP contribution in [-0.4, -0.2) is 19.2 Å². The van der Waals surface area contributed by atoms with Crippen LogP contribution in [0.1, 0.15) is 37.6 Å². The van der Waals surface area contributed by atoms with Gasteiger partial charge in [-0.1, -0.05) is 12.1 Å². The molecule has 3 aromatic heterocycles. The van der Waals surface area contributed by atoms with Crippen molar-refractivity contribution < 1.29 is 0 Å². The van der Waals surface area contributed by atoms with Crippen LogP contribution in [0.15, 0.2) is 41.6 Å². The second-order valence-electron chi connectivity index (χ2n) is 6.60. The molecule has 0 atom stereocenters. The van der Waals surface area contributed by atoms with Crippen molar-refractivity contribution in [2.45, 2.75) is 33.2 Å². The molecule has 0 saturated carbocycles. The average Bonchev–Trinajstić information content (AvgIpc) is 2.84. The lowest BCUT2D eigenvalue weighted by Crippen LogP contribution is -2.31. The van der Waals surface area contributed by atoms with Gasteiger partial charge in [0.05, 0.1) is 11.2 Å². The van der Waals surface area contributed by atoms with Gasteiger partial charge in [-0.15, -0.1) is 0 Å². The molecule has 5 heteroatoms. The Morgan fingerprint density at radius 3 is 2.65 bits per heavy atom. The molecule has 0 aliphatic carbocycles. The van der Waals surface area contributed by atoms with E-state index >= 15 is 0 Å². The van der Waals surface area contributed by atoms with E-state index in [2.05, 4.69) is 30.7 Å². The van der Waals surface area contributed by atoms with E-state index in [1.165, 1.54) is 0 Å². The second kappa shape index (κ2) is 5.50. The highest BCUT2D eigenvalue weighted by molar-refractivity contribution is 5.68. The number of rotatable bonds is 2. The topological polar surface area (TPSA) is 52.2 Å². The zero-order chi connectivity index (χ0) is 16.6. The van der Waals surface area contributed by atoms with E-state index in [4.69, 9.17) is 0 Å². The number of aromatic nitrogens is 4. The highest BCUT2D eigenvalue weighted by Gasteiger charge is 2.19. The molecule has 0 radical (unpaired) electrons. The molecule has 3 heterocycles. The van der Waals surface area contributed by atoms with Crippen molar-refractivity contribution in [3.05, 3.63) is 64.0 Å². The number of nitrogens with zero attached hydrogens (tertiary/aromatic N) is 4. The summed E-state index contributed by atoms with van der Waals surface area (Å²) in [6.45, 7) is 8.16. The number of aryl methyl sites for hydroxylation is 1. The lowest BCUT2D eigenvalue weighted by molar-refractivity contribution is 0.335. The summed E-state index contributed by atoms with van der Waals surface area (Å²) < 4.78 is 3.57. The minimum absolute atomic E-state index is 0.0798. The summed E-state index contributed by atoms with van der Waals surface area (Å²) in [6, 6.07) is 5.39. The first-order chi connectivity index (χ1) is 10.9. The Hall–Kier alpha value is -2.69. The predicted molar refractivity (Wildman–Crippen MR) is 92.4 cm³/mol. The van der Waals surface area contributed by atoms with Crippen molar-refractivity contribution in [2.24, 2.45) is 0 Å². The summed E-state index contributed by atoms with van der Waals surface area (Å²) in [7, 11) is 0. The van der Waals surface area contributed by atoms with Crippen molar-refractivity contribution in [3.8, 4) is 0 Å². The van der Waals surface area contributed by atoms with Gasteiger partial charge in [-0.2, -0.15) is 4.52 Å². The Morgan fingerprint density at radius 2 is 2.00 bits per heavy atom. The zero-order valence-electron chi connectivity index (χ0n) is 13.8. The molecule has 0 bridgehead atoms. The third-order valence-corrected chi connectivity index (χ3v) is 3.62. The van der Waals surface area contributed by atoms with Crippen LogP contribution in [0.2, 0.25) is 0 Å². The van der Waals surface area contributed by atoms with Crippen molar-refractivity contribution in [2.75, 3.05) is 0 Å². The molecule has 0 saturated heterocycles. The van der Waals surface area contributed by atoms with Gasteiger partial charge in [-0.05, 0) is 45.4 Å². The lowest BCUT2D eigenvalue weighted by atomic mass is 10.1. The first kappa shape index (κ1) is 15.2. The van der Waals surface area contributed by atoms with E-state index in [9.17, 15) is 4.79 Å². The standard InChI is InChI=1S/C18H20N4O/c1-13-12-21(18(2,3)4)22-16(23)10-15(20-17(13)22)8-7-14-6-5-9-19-11-14/h5-12H,1-4H3. The van der Waals surface area contributed by atoms with Crippen LogP contribution in [0.4, 0.5) is 0 Å². The Bertz CT molecular complexity index is 927. The highest BCUT2D eigenvalue weighted by atomic mass is 16.1. The van der Waals surface area contributed by atoms with Gasteiger partial charge < -0.3 is 0 Å². The summed E-state index contributed by atoms with van der Waals surface area (Å²) in [5.74, 6) is 0. The van der Waals surface area contributed by atoms with E-state index in [-0.39, 0.29) is 11.1 Å². The molecule has 23 heavy (non-hydrogen) atoms. The molecule has 3 rings (SSSR count). The molecule has 0 spiro atoms. The molecule has 0 aliphatic heterocycles. The van der Waals surface area contributed by atoms with E-state index < -0.39 is 0 Å². The summed E-state index contributed by atoms with van der Waals surface area (Å²) in [5, 5.41) is 0. The SMILES string of the molecule is Cc1cn(C(C)(C)C)n2c(=O)cc(C=Cc3cccnc3)nc12. The molecular weight excluding hydrogens is 288 g/mol. The maximum Gasteiger partial charge on any atom is 0.273 e. The van der Waals surface area contributed by atoms with E-state index in [0.29, 0.717) is 11.3 Å². The van der Waals surface area contributed by atoms with E-state index in [0.717, 1.165) is 11.1 Å². The van der Waals surface area contributed by atoms with Gasteiger partial charge in [-0.25, -0.2) is 4.98 Å². The van der Waals surface area contributed by atoms with Gasteiger partial charge in [0.25, 0.3) is 5.56 Å². The highest BCUT2D eigenvalue weighted by Crippen LogP contribution is 2.18. The quantitative estimate of drug-likeness (QED) is 0.731. The summed E-state index contributed by atoms with van der Waals surface area (Å²) >= 11 is 0. The van der Waals surface area contributed by atoms with Gasteiger partial charge >= 0.3 is 0 Å². The molecule has 0 N–H and O–H groups in total. The van der Waals surface area contributed by atoms with Crippen LogP contribution in [0.3, 0.4) is 0 Å². The van der Waals surface area contributed by atoms with Crippen molar-refractivity contribution in [1.29, 1.82) is 0 Å². The van der Waals surface area contributed by atoms with Crippen LogP contribution in [0.5, 0.6) is 0 Å².